The summed E-state index contributed by atoms with van der Waals surface area (Å²) >= 11 is 0. The molecule has 1 aromatic carbocycles. The topological polar surface area (TPSA) is 76.1 Å². The second-order valence-corrected chi connectivity index (χ2v) is 6.17. The first-order chi connectivity index (χ1) is 11.6. The Kier molecular flexibility index (Phi) is 6.73. The minimum absolute atomic E-state index is 0. The van der Waals surface area contributed by atoms with Gasteiger partial charge in [-0.15, -0.1) is 12.4 Å². The molecule has 0 radical (unpaired) electrons. The first-order valence-electron chi connectivity index (χ1n) is 8.22. The number of amides is 1. The van der Waals surface area contributed by atoms with Gasteiger partial charge in [0.1, 0.15) is 5.75 Å². The standard InChI is InChI=1S/C18H22N4O2.ClH/c1-12-7-9-20-18(21-12)24-16-5-3-15(4-6-16)22-17(23)14-8-10-19-13(2)11-14;/h3-7,9,13-14,19H,8,10-11H2,1-2H3,(H,22,23);1H/t13-,14-;/m0./s1. The molecule has 0 aliphatic carbocycles. The van der Waals surface area contributed by atoms with E-state index in [4.69, 9.17) is 4.74 Å². The Bertz CT molecular complexity index is 708. The van der Waals surface area contributed by atoms with Crippen molar-refractivity contribution in [2.24, 2.45) is 5.92 Å². The third-order valence-electron chi connectivity index (χ3n) is 4.10. The van der Waals surface area contributed by atoms with Crippen molar-refractivity contribution in [2.45, 2.75) is 32.7 Å². The molecule has 134 valence electrons. The molecular weight excluding hydrogens is 340 g/mol. The van der Waals surface area contributed by atoms with E-state index < -0.39 is 0 Å². The zero-order valence-corrected chi connectivity index (χ0v) is 15.2. The zero-order valence-electron chi connectivity index (χ0n) is 14.4. The number of carbonyl (C=O) groups is 1. The van der Waals surface area contributed by atoms with Crippen LogP contribution in [0.25, 0.3) is 0 Å². The molecule has 1 saturated heterocycles. The van der Waals surface area contributed by atoms with Gasteiger partial charge in [0.15, 0.2) is 0 Å². The van der Waals surface area contributed by atoms with Gasteiger partial charge >= 0.3 is 6.01 Å². The Morgan fingerprint density at radius 1 is 1.28 bits per heavy atom. The predicted molar refractivity (Wildman–Crippen MR) is 99.4 cm³/mol. The second kappa shape index (κ2) is 8.78. The van der Waals surface area contributed by atoms with Crippen LogP contribution in [-0.2, 0) is 4.79 Å². The predicted octanol–water partition coefficient (Wildman–Crippen LogP) is 3.33. The molecule has 1 aromatic heterocycles. The number of benzene rings is 1. The summed E-state index contributed by atoms with van der Waals surface area (Å²) in [6.45, 7) is 4.89. The summed E-state index contributed by atoms with van der Waals surface area (Å²) < 4.78 is 5.61. The fourth-order valence-electron chi connectivity index (χ4n) is 2.80. The van der Waals surface area contributed by atoms with Crippen LogP contribution < -0.4 is 15.4 Å². The highest BCUT2D eigenvalue weighted by Gasteiger charge is 2.24. The first-order valence-corrected chi connectivity index (χ1v) is 8.22. The summed E-state index contributed by atoms with van der Waals surface area (Å²) in [7, 11) is 0. The summed E-state index contributed by atoms with van der Waals surface area (Å²) in [6.07, 6.45) is 3.41. The monoisotopic (exact) mass is 362 g/mol. The van der Waals surface area contributed by atoms with Crippen molar-refractivity contribution in [1.29, 1.82) is 0 Å². The molecule has 0 saturated carbocycles. The van der Waals surface area contributed by atoms with Crippen LogP contribution in [-0.4, -0.2) is 28.5 Å². The molecule has 25 heavy (non-hydrogen) atoms. The maximum absolute atomic E-state index is 12.3. The van der Waals surface area contributed by atoms with Gasteiger partial charge in [-0.3, -0.25) is 4.79 Å². The average Bonchev–Trinajstić information content (AvgIpc) is 2.57. The maximum atomic E-state index is 12.3. The first kappa shape index (κ1) is 19.1. The number of hydrogen-bond donors (Lipinski definition) is 2. The van der Waals surface area contributed by atoms with Crippen LogP contribution in [0.2, 0.25) is 0 Å². The second-order valence-electron chi connectivity index (χ2n) is 6.17. The molecule has 1 fully saturated rings. The van der Waals surface area contributed by atoms with Crippen LogP contribution in [0, 0.1) is 12.8 Å². The molecule has 2 N–H and O–H groups in total. The van der Waals surface area contributed by atoms with Crippen molar-refractivity contribution in [3.8, 4) is 11.8 Å². The lowest BCUT2D eigenvalue weighted by molar-refractivity contribution is -0.120. The lowest BCUT2D eigenvalue weighted by atomic mass is 9.92. The average molecular weight is 363 g/mol. The van der Waals surface area contributed by atoms with Crippen molar-refractivity contribution in [3.63, 3.8) is 0 Å². The van der Waals surface area contributed by atoms with E-state index in [2.05, 4.69) is 27.5 Å². The third kappa shape index (κ3) is 5.41. The smallest absolute Gasteiger partial charge is 0.322 e. The molecule has 3 rings (SSSR count). The van der Waals surface area contributed by atoms with Crippen LogP contribution in [0.4, 0.5) is 5.69 Å². The van der Waals surface area contributed by atoms with Crippen molar-refractivity contribution >= 4 is 24.0 Å². The van der Waals surface area contributed by atoms with Gasteiger partial charge in [0, 0.05) is 29.5 Å². The number of ether oxygens (including phenoxy) is 1. The van der Waals surface area contributed by atoms with Crippen molar-refractivity contribution in [3.05, 3.63) is 42.2 Å². The highest BCUT2D eigenvalue weighted by Crippen LogP contribution is 2.22. The number of hydrogen-bond acceptors (Lipinski definition) is 5. The fourth-order valence-corrected chi connectivity index (χ4v) is 2.80. The molecule has 2 atom stereocenters. The van der Waals surface area contributed by atoms with E-state index in [1.807, 2.05) is 25.1 Å². The molecular formula is C18H23ClN4O2. The highest BCUT2D eigenvalue weighted by atomic mass is 35.5. The number of nitrogens with zero attached hydrogens (tertiary/aromatic N) is 2. The molecule has 1 amide bonds. The van der Waals surface area contributed by atoms with Gasteiger partial charge in [0.05, 0.1) is 0 Å². The Hall–Kier alpha value is -2.18. The van der Waals surface area contributed by atoms with Crippen LogP contribution in [0.1, 0.15) is 25.5 Å². The van der Waals surface area contributed by atoms with E-state index in [0.717, 1.165) is 30.8 Å². The highest BCUT2D eigenvalue weighted by molar-refractivity contribution is 5.92. The number of nitrogens with one attached hydrogen (secondary N) is 2. The zero-order chi connectivity index (χ0) is 16.9. The van der Waals surface area contributed by atoms with Gasteiger partial charge in [0.25, 0.3) is 0 Å². The number of carbonyl (C=O) groups excluding carboxylic acids is 1. The normalized spacial score (nSPS) is 19.6. The lowest BCUT2D eigenvalue weighted by Crippen LogP contribution is -2.40. The molecule has 0 unspecified atom stereocenters. The molecule has 2 aromatic rings. The van der Waals surface area contributed by atoms with E-state index in [9.17, 15) is 4.79 Å². The summed E-state index contributed by atoms with van der Waals surface area (Å²) in [6, 6.07) is 9.77. The maximum Gasteiger partial charge on any atom is 0.322 e. The van der Waals surface area contributed by atoms with Gasteiger partial charge in [-0.05, 0) is 63.6 Å². The number of piperidine rings is 1. The Morgan fingerprint density at radius 2 is 2.04 bits per heavy atom. The van der Waals surface area contributed by atoms with E-state index in [1.165, 1.54) is 0 Å². The van der Waals surface area contributed by atoms with E-state index in [-0.39, 0.29) is 24.2 Å². The van der Waals surface area contributed by atoms with Crippen LogP contribution in [0.15, 0.2) is 36.5 Å². The minimum atomic E-state index is 0. The van der Waals surface area contributed by atoms with E-state index >= 15 is 0 Å². The number of aryl methyl sites for hydroxylation is 1. The molecule has 1 aliphatic rings. The Morgan fingerprint density at radius 3 is 2.72 bits per heavy atom. The largest absolute Gasteiger partial charge is 0.424 e. The SMILES string of the molecule is Cc1ccnc(Oc2ccc(NC(=O)[C@H]3CCN[C@@H](C)C3)cc2)n1.Cl. The summed E-state index contributed by atoms with van der Waals surface area (Å²) in [5.41, 5.74) is 1.61. The molecule has 6 nitrogen and oxygen atoms in total. The lowest BCUT2D eigenvalue weighted by Gasteiger charge is -2.27. The summed E-state index contributed by atoms with van der Waals surface area (Å²) in [5.74, 6) is 0.783. The van der Waals surface area contributed by atoms with Gasteiger partial charge in [-0.1, -0.05) is 0 Å². The third-order valence-corrected chi connectivity index (χ3v) is 4.10. The van der Waals surface area contributed by atoms with Gasteiger partial charge in [-0.25, -0.2) is 9.97 Å². The number of aromatic nitrogens is 2. The Labute approximate surface area is 153 Å². The molecule has 7 heteroatoms. The van der Waals surface area contributed by atoms with Crippen molar-refractivity contribution in [2.75, 3.05) is 11.9 Å². The molecule has 1 aliphatic heterocycles. The van der Waals surface area contributed by atoms with Crippen LogP contribution in [0.5, 0.6) is 11.8 Å². The van der Waals surface area contributed by atoms with Crippen molar-refractivity contribution < 1.29 is 9.53 Å². The molecule has 2 heterocycles. The van der Waals surface area contributed by atoms with Crippen LogP contribution >= 0.6 is 12.4 Å². The molecule has 0 spiro atoms. The number of rotatable bonds is 4. The number of halogens is 1. The summed E-state index contributed by atoms with van der Waals surface area (Å²) in [4.78, 5) is 20.6. The van der Waals surface area contributed by atoms with Gasteiger partial charge < -0.3 is 15.4 Å². The van der Waals surface area contributed by atoms with Gasteiger partial charge in [0.2, 0.25) is 5.91 Å². The van der Waals surface area contributed by atoms with E-state index in [1.54, 1.807) is 18.3 Å². The van der Waals surface area contributed by atoms with E-state index in [0.29, 0.717) is 17.8 Å². The van der Waals surface area contributed by atoms with Crippen molar-refractivity contribution in [1.82, 2.24) is 15.3 Å². The fraction of sp³-hybridized carbons (Fsp3) is 0.389. The quantitative estimate of drug-likeness (QED) is 0.872. The minimum Gasteiger partial charge on any atom is -0.424 e. The van der Waals surface area contributed by atoms with Gasteiger partial charge in [-0.2, -0.15) is 0 Å². The van der Waals surface area contributed by atoms with Crippen LogP contribution in [0.3, 0.4) is 0 Å². The Balaban J connectivity index is 0.00000225. The summed E-state index contributed by atoms with van der Waals surface area (Å²) in [5, 5.41) is 6.34. The molecule has 0 bridgehead atoms. The number of anilines is 1.